The third kappa shape index (κ3) is 7.51. The van der Waals surface area contributed by atoms with Crippen molar-refractivity contribution in [3.8, 4) is 5.75 Å². The van der Waals surface area contributed by atoms with Gasteiger partial charge in [-0.2, -0.15) is 0 Å². The SMILES string of the molecule is CN(C)C(=O)CN=C(NCCOc1ccccc1)NC1CCc2ccccc2C1.I. The fourth-order valence-corrected chi connectivity index (χ4v) is 3.31. The van der Waals surface area contributed by atoms with Crippen LogP contribution in [0.2, 0.25) is 0 Å². The van der Waals surface area contributed by atoms with Crippen molar-refractivity contribution in [2.45, 2.75) is 25.3 Å². The summed E-state index contributed by atoms with van der Waals surface area (Å²) < 4.78 is 5.74. The highest BCUT2D eigenvalue weighted by Crippen LogP contribution is 2.20. The van der Waals surface area contributed by atoms with Crippen LogP contribution in [0.15, 0.2) is 59.6 Å². The number of rotatable bonds is 7. The largest absolute Gasteiger partial charge is 0.492 e. The highest BCUT2D eigenvalue weighted by atomic mass is 127. The van der Waals surface area contributed by atoms with Gasteiger partial charge in [0.25, 0.3) is 0 Å². The highest BCUT2D eigenvalue weighted by molar-refractivity contribution is 14.0. The zero-order valence-corrected chi connectivity index (χ0v) is 20.0. The highest BCUT2D eigenvalue weighted by Gasteiger charge is 2.19. The minimum Gasteiger partial charge on any atom is -0.492 e. The van der Waals surface area contributed by atoms with Gasteiger partial charge in [0.2, 0.25) is 5.91 Å². The number of fused-ring (bicyclic) bond motifs is 1. The third-order valence-electron chi connectivity index (χ3n) is 4.97. The fraction of sp³-hybridized carbons (Fsp3) is 0.391. The Kier molecular flexibility index (Phi) is 9.93. The van der Waals surface area contributed by atoms with Crippen LogP contribution in [0.3, 0.4) is 0 Å². The number of benzene rings is 2. The number of carbonyl (C=O) groups excluding carboxylic acids is 1. The van der Waals surface area contributed by atoms with E-state index < -0.39 is 0 Å². The number of amides is 1. The molecule has 2 aromatic rings. The molecule has 0 aliphatic heterocycles. The van der Waals surface area contributed by atoms with Gasteiger partial charge < -0.3 is 20.3 Å². The van der Waals surface area contributed by atoms with Gasteiger partial charge in [0, 0.05) is 20.1 Å². The summed E-state index contributed by atoms with van der Waals surface area (Å²) in [4.78, 5) is 18.0. The van der Waals surface area contributed by atoms with E-state index in [4.69, 9.17) is 4.74 Å². The Morgan fingerprint density at radius 1 is 1.10 bits per heavy atom. The summed E-state index contributed by atoms with van der Waals surface area (Å²) >= 11 is 0. The molecule has 1 amide bonds. The number of carbonyl (C=O) groups is 1. The Morgan fingerprint density at radius 3 is 2.53 bits per heavy atom. The van der Waals surface area contributed by atoms with Crippen LogP contribution in [0.25, 0.3) is 0 Å². The summed E-state index contributed by atoms with van der Waals surface area (Å²) in [7, 11) is 3.48. The average molecular weight is 522 g/mol. The van der Waals surface area contributed by atoms with Gasteiger partial charge >= 0.3 is 0 Å². The van der Waals surface area contributed by atoms with Gasteiger partial charge in [-0.15, -0.1) is 24.0 Å². The summed E-state index contributed by atoms with van der Waals surface area (Å²) in [6.45, 7) is 1.23. The van der Waals surface area contributed by atoms with Crippen molar-refractivity contribution in [2.75, 3.05) is 33.8 Å². The van der Waals surface area contributed by atoms with Crippen LogP contribution in [-0.4, -0.2) is 56.6 Å². The normalized spacial score (nSPS) is 15.4. The predicted molar refractivity (Wildman–Crippen MR) is 132 cm³/mol. The Bertz CT molecular complexity index is 827. The summed E-state index contributed by atoms with van der Waals surface area (Å²) in [5.74, 6) is 1.47. The molecule has 1 aliphatic carbocycles. The van der Waals surface area contributed by atoms with Gasteiger partial charge in [-0.1, -0.05) is 42.5 Å². The maximum Gasteiger partial charge on any atom is 0.243 e. The Morgan fingerprint density at radius 2 is 1.80 bits per heavy atom. The van der Waals surface area contributed by atoms with Gasteiger partial charge in [0.1, 0.15) is 18.9 Å². The Hall–Kier alpha value is -2.29. The number of nitrogens with zero attached hydrogens (tertiary/aromatic N) is 2. The lowest BCUT2D eigenvalue weighted by Gasteiger charge is -2.27. The first-order chi connectivity index (χ1) is 14.1. The smallest absolute Gasteiger partial charge is 0.243 e. The van der Waals surface area contributed by atoms with Crippen molar-refractivity contribution in [3.05, 3.63) is 65.7 Å². The molecule has 0 fully saturated rings. The van der Waals surface area contributed by atoms with Crippen molar-refractivity contribution in [3.63, 3.8) is 0 Å². The maximum atomic E-state index is 12.0. The number of halogens is 1. The van der Waals surface area contributed by atoms with Crippen molar-refractivity contribution in [1.82, 2.24) is 15.5 Å². The van der Waals surface area contributed by atoms with Crippen LogP contribution in [0.1, 0.15) is 17.5 Å². The van der Waals surface area contributed by atoms with E-state index in [0.717, 1.165) is 25.0 Å². The molecule has 6 nitrogen and oxygen atoms in total. The molecule has 1 atom stereocenters. The minimum absolute atomic E-state index is 0. The van der Waals surface area contributed by atoms with Gasteiger partial charge in [0.15, 0.2) is 5.96 Å². The number of ether oxygens (including phenoxy) is 1. The van der Waals surface area contributed by atoms with E-state index in [2.05, 4.69) is 39.9 Å². The van der Waals surface area contributed by atoms with E-state index in [1.165, 1.54) is 11.1 Å². The average Bonchev–Trinajstić information content (AvgIpc) is 2.75. The first kappa shape index (κ1) is 24.0. The number of guanidine groups is 1. The fourth-order valence-electron chi connectivity index (χ4n) is 3.31. The second kappa shape index (κ2) is 12.4. The van der Waals surface area contributed by atoms with E-state index in [-0.39, 0.29) is 36.4 Å². The topological polar surface area (TPSA) is 66.0 Å². The summed E-state index contributed by atoms with van der Waals surface area (Å²) in [5.41, 5.74) is 2.81. The van der Waals surface area contributed by atoms with Crippen LogP contribution in [0.5, 0.6) is 5.75 Å². The molecule has 1 unspecified atom stereocenters. The molecule has 0 aromatic heterocycles. The number of aliphatic imine (C=N–C) groups is 1. The molecule has 0 radical (unpaired) electrons. The lowest BCUT2D eigenvalue weighted by Crippen LogP contribution is -2.47. The number of nitrogens with one attached hydrogen (secondary N) is 2. The molecular formula is C23H31IN4O2. The van der Waals surface area contributed by atoms with E-state index >= 15 is 0 Å². The van der Waals surface area contributed by atoms with Crippen molar-refractivity contribution < 1.29 is 9.53 Å². The summed E-state index contributed by atoms with van der Waals surface area (Å²) in [6.07, 6.45) is 3.05. The number of hydrogen-bond acceptors (Lipinski definition) is 3. The molecule has 2 N–H and O–H groups in total. The summed E-state index contributed by atoms with van der Waals surface area (Å²) in [5, 5.41) is 6.80. The van der Waals surface area contributed by atoms with E-state index in [1.54, 1.807) is 19.0 Å². The standard InChI is InChI=1S/C23H30N4O2.HI/c1-27(2)22(28)17-25-23(24-14-15-29-21-10-4-3-5-11-21)26-20-13-12-18-8-6-7-9-19(18)16-20;/h3-11,20H,12-17H2,1-2H3,(H2,24,25,26);1H. The van der Waals surface area contributed by atoms with Gasteiger partial charge in [0.05, 0.1) is 6.54 Å². The van der Waals surface area contributed by atoms with Crippen molar-refractivity contribution >= 4 is 35.8 Å². The minimum atomic E-state index is -0.0272. The molecule has 2 aromatic carbocycles. The molecular weight excluding hydrogens is 491 g/mol. The van der Waals surface area contributed by atoms with Crippen LogP contribution < -0.4 is 15.4 Å². The Balaban J connectivity index is 0.00000320. The zero-order chi connectivity index (χ0) is 20.5. The maximum absolute atomic E-state index is 12.0. The monoisotopic (exact) mass is 522 g/mol. The molecule has 0 spiro atoms. The van der Waals surface area contributed by atoms with Gasteiger partial charge in [-0.25, -0.2) is 4.99 Å². The van der Waals surface area contributed by atoms with Crippen molar-refractivity contribution in [2.24, 2.45) is 4.99 Å². The first-order valence-electron chi connectivity index (χ1n) is 10.1. The molecule has 0 saturated carbocycles. The predicted octanol–water partition coefficient (Wildman–Crippen LogP) is 2.86. The van der Waals surface area contributed by atoms with E-state index in [1.807, 2.05) is 30.3 Å². The van der Waals surface area contributed by atoms with E-state index in [9.17, 15) is 4.79 Å². The lowest BCUT2D eigenvalue weighted by molar-refractivity contribution is -0.127. The molecule has 162 valence electrons. The van der Waals surface area contributed by atoms with Gasteiger partial charge in [-0.3, -0.25) is 4.79 Å². The Labute approximate surface area is 196 Å². The lowest BCUT2D eigenvalue weighted by atomic mass is 9.88. The molecule has 7 heteroatoms. The van der Waals surface area contributed by atoms with Crippen LogP contribution >= 0.6 is 24.0 Å². The second-order valence-electron chi connectivity index (χ2n) is 7.39. The number of para-hydroxylation sites is 1. The molecule has 1 aliphatic rings. The number of hydrogen-bond donors (Lipinski definition) is 2. The van der Waals surface area contributed by atoms with Crippen molar-refractivity contribution in [1.29, 1.82) is 0 Å². The third-order valence-corrected chi connectivity index (χ3v) is 4.97. The number of likely N-dealkylation sites (N-methyl/N-ethyl adjacent to an activating group) is 1. The summed E-state index contributed by atoms with van der Waals surface area (Å²) in [6, 6.07) is 18.6. The van der Waals surface area contributed by atoms with Crippen LogP contribution in [-0.2, 0) is 17.6 Å². The number of aryl methyl sites for hydroxylation is 1. The molecule has 0 saturated heterocycles. The van der Waals surface area contributed by atoms with Crippen LogP contribution in [0, 0.1) is 0 Å². The molecule has 3 rings (SSSR count). The zero-order valence-electron chi connectivity index (χ0n) is 17.6. The second-order valence-corrected chi connectivity index (χ2v) is 7.39. The van der Waals surface area contributed by atoms with Crippen LogP contribution in [0.4, 0.5) is 0 Å². The van der Waals surface area contributed by atoms with E-state index in [0.29, 0.717) is 25.2 Å². The molecule has 0 heterocycles. The first-order valence-corrected chi connectivity index (χ1v) is 10.1. The quantitative estimate of drug-likeness (QED) is 0.254. The van der Waals surface area contributed by atoms with Gasteiger partial charge in [-0.05, 0) is 42.5 Å². The molecule has 30 heavy (non-hydrogen) atoms. The molecule has 0 bridgehead atoms.